The molecule has 176 valence electrons. The van der Waals surface area contributed by atoms with Crippen LogP contribution < -0.4 is 5.32 Å². The minimum atomic E-state index is -0.490. The van der Waals surface area contributed by atoms with Gasteiger partial charge in [0.2, 0.25) is 5.91 Å². The van der Waals surface area contributed by atoms with Crippen molar-refractivity contribution in [2.75, 3.05) is 65.6 Å². The Bertz CT molecular complexity index is 785. The molecule has 1 aliphatic carbocycles. The van der Waals surface area contributed by atoms with Crippen LogP contribution in [0.4, 0.5) is 4.39 Å². The van der Waals surface area contributed by atoms with Gasteiger partial charge in [0.05, 0.1) is 25.3 Å². The molecule has 2 aliphatic heterocycles. The molecular weight excluding hydrogens is 411 g/mol. The first kappa shape index (κ1) is 23.1. The number of hydrogen-bond acceptors (Lipinski definition) is 5. The van der Waals surface area contributed by atoms with Crippen LogP contribution in [0.2, 0.25) is 0 Å². The summed E-state index contributed by atoms with van der Waals surface area (Å²) in [6.07, 6.45) is 5.96. The number of morpholine rings is 1. The van der Waals surface area contributed by atoms with Crippen LogP contribution in [-0.4, -0.2) is 97.6 Å². The fourth-order valence-electron chi connectivity index (χ4n) is 5.29. The van der Waals surface area contributed by atoms with Crippen LogP contribution >= 0.6 is 0 Å². The van der Waals surface area contributed by atoms with Crippen molar-refractivity contribution in [3.63, 3.8) is 0 Å². The lowest BCUT2D eigenvalue weighted by Gasteiger charge is -2.48. The number of hydrogen-bond donors (Lipinski definition) is 1. The van der Waals surface area contributed by atoms with Crippen molar-refractivity contribution in [3.05, 3.63) is 35.6 Å². The van der Waals surface area contributed by atoms with E-state index >= 15 is 0 Å². The van der Waals surface area contributed by atoms with E-state index in [9.17, 15) is 14.0 Å². The van der Waals surface area contributed by atoms with E-state index in [1.807, 2.05) is 0 Å². The molecule has 0 bridgehead atoms. The van der Waals surface area contributed by atoms with E-state index in [0.717, 1.165) is 39.1 Å². The van der Waals surface area contributed by atoms with E-state index in [4.69, 9.17) is 4.74 Å². The molecule has 2 heterocycles. The van der Waals surface area contributed by atoms with Gasteiger partial charge in [-0.2, -0.15) is 0 Å². The summed E-state index contributed by atoms with van der Waals surface area (Å²) in [5.41, 5.74) is 0.169. The second-order valence-electron chi connectivity index (χ2n) is 9.21. The molecule has 0 unspecified atom stereocenters. The second-order valence-corrected chi connectivity index (χ2v) is 9.21. The summed E-state index contributed by atoms with van der Waals surface area (Å²) < 4.78 is 19.5. The number of piperazine rings is 1. The van der Waals surface area contributed by atoms with E-state index in [0.29, 0.717) is 39.3 Å². The Balaban J connectivity index is 1.25. The summed E-state index contributed by atoms with van der Waals surface area (Å²) in [5, 5.41) is 3.21. The molecule has 1 saturated carbocycles. The van der Waals surface area contributed by atoms with E-state index in [1.165, 1.54) is 31.4 Å². The minimum absolute atomic E-state index is 0.0390. The topological polar surface area (TPSA) is 65.1 Å². The summed E-state index contributed by atoms with van der Waals surface area (Å²) >= 11 is 0. The van der Waals surface area contributed by atoms with Crippen LogP contribution in [0, 0.1) is 5.82 Å². The van der Waals surface area contributed by atoms with Crippen LogP contribution in [0.25, 0.3) is 0 Å². The Labute approximate surface area is 189 Å². The lowest BCUT2D eigenvalue weighted by molar-refractivity contribution is -0.123. The van der Waals surface area contributed by atoms with E-state index in [1.54, 1.807) is 17.0 Å². The van der Waals surface area contributed by atoms with Crippen molar-refractivity contribution in [1.82, 2.24) is 20.0 Å². The quantitative estimate of drug-likeness (QED) is 0.721. The maximum Gasteiger partial charge on any atom is 0.256 e. The first-order chi connectivity index (χ1) is 15.6. The van der Waals surface area contributed by atoms with Crippen LogP contribution in [-0.2, 0) is 9.53 Å². The average Bonchev–Trinajstić information content (AvgIpc) is 2.84. The highest BCUT2D eigenvalue weighted by molar-refractivity contribution is 5.94. The zero-order valence-corrected chi connectivity index (χ0v) is 18.9. The van der Waals surface area contributed by atoms with Crippen LogP contribution in [0.15, 0.2) is 24.3 Å². The first-order valence-electron chi connectivity index (χ1n) is 11.9. The Kier molecular flexibility index (Phi) is 7.75. The fourth-order valence-corrected chi connectivity index (χ4v) is 5.29. The molecule has 3 aliphatic rings. The molecule has 2 saturated heterocycles. The third kappa shape index (κ3) is 5.47. The highest BCUT2D eigenvalue weighted by atomic mass is 19.1. The number of amides is 2. The zero-order chi connectivity index (χ0) is 22.4. The van der Waals surface area contributed by atoms with E-state index < -0.39 is 5.82 Å². The van der Waals surface area contributed by atoms with E-state index in [-0.39, 0.29) is 22.9 Å². The number of nitrogens with zero attached hydrogens (tertiary/aromatic N) is 3. The molecule has 4 rings (SSSR count). The predicted molar refractivity (Wildman–Crippen MR) is 120 cm³/mol. The summed E-state index contributed by atoms with van der Waals surface area (Å²) in [4.78, 5) is 31.6. The monoisotopic (exact) mass is 446 g/mol. The number of rotatable bonds is 6. The number of carbonyl (C=O) groups excluding carboxylic acids is 2. The van der Waals surface area contributed by atoms with Gasteiger partial charge in [0, 0.05) is 51.4 Å². The van der Waals surface area contributed by atoms with Gasteiger partial charge in [-0.15, -0.1) is 0 Å². The van der Waals surface area contributed by atoms with Crippen molar-refractivity contribution >= 4 is 11.8 Å². The predicted octanol–water partition coefficient (Wildman–Crippen LogP) is 1.73. The smallest absolute Gasteiger partial charge is 0.256 e. The maximum atomic E-state index is 13.9. The van der Waals surface area contributed by atoms with Crippen molar-refractivity contribution in [3.8, 4) is 0 Å². The van der Waals surface area contributed by atoms with Crippen LogP contribution in [0.3, 0.4) is 0 Å². The van der Waals surface area contributed by atoms with E-state index in [2.05, 4.69) is 15.1 Å². The lowest BCUT2D eigenvalue weighted by Crippen LogP contribution is -2.60. The molecule has 1 N–H and O–H groups in total. The minimum Gasteiger partial charge on any atom is -0.379 e. The van der Waals surface area contributed by atoms with Crippen LogP contribution in [0.5, 0.6) is 0 Å². The SMILES string of the molecule is O=C(CN1CCN(C(=O)c2ccccc2F)CC1)NCC1(N2CCOCC2)CCCCC1. The number of nitrogens with one attached hydrogen (secondary N) is 1. The third-order valence-electron chi connectivity index (χ3n) is 7.21. The molecule has 0 aromatic heterocycles. The molecule has 1 aromatic rings. The Hall–Kier alpha value is -2.03. The molecule has 1 aromatic carbocycles. The Morgan fingerprint density at radius 1 is 0.969 bits per heavy atom. The van der Waals surface area contributed by atoms with Gasteiger partial charge in [0.25, 0.3) is 5.91 Å². The molecule has 2 amide bonds. The zero-order valence-electron chi connectivity index (χ0n) is 18.9. The largest absolute Gasteiger partial charge is 0.379 e. The van der Waals surface area contributed by atoms with Gasteiger partial charge in [0.15, 0.2) is 0 Å². The van der Waals surface area contributed by atoms with Gasteiger partial charge in [0.1, 0.15) is 5.82 Å². The standard InChI is InChI=1S/C24H35FN4O3/c25-21-7-3-2-6-20(21)23(31)28-12-10-27(11-13-28)18-22(30)26-19-24(8-4-1-5-9-24)29-14-16-32-17-15-29/h2-3,6-7H,1,4-5,8-19H2,(H,26,30). The number of ether oxygens (including phenoxy) is 1. The number of benzene rings is 1. The number of halogens is 1. The highest BCUT2D eigenvalue weighted by Gasteiger charge is 2.39. The molecule has 8 heteroatoms. The molecule has 3 fully saturated rings. The Morgan fingerprint density at radius 3 is 2.34 bits per heavy atom. The van der Waals surface area contributed by atoms with Crippen molar-refractivity contribution in [2.45, 2.75) is 37.6 Å². The molecule has 0 atom stereocenters. The van der Waals surface area contributed by atoms with Crippen molar-refractivity contribution < 1.29 is 18.7 Å². The van der Waals surface area contributed by atoms with Gasteiger partial charge in [-0.3, -0.25) is 19.4 Å². The van der Waals surface area contributed by atoms with Gasteiger partial charge in [-0.1, -0.05) is 31.4 Å². The van der Waals surface area contributed by atoms with Gasteiger partial charge < -0.3 is 15.0 Å². The first-order valence-corrected chi connectivity index (χ1v) is 11.9. The summed E-state index contributed by atoms with van der Waals surface area (Å²) in [7, 11) is 0. The number of carbonyl (C=O) groups is 2. The van der Waals surface area contributed by atoms with Gasteiger partial charge in [-0.25, -0.2) is 4.39 Å². The lowest BCUT2D eigenvalue weighted by atomic mass is 9.79. The average molecular weight is 447 g/mol. The maximum absolute atomic E-state index is 13.9. The van der Waals surface area contributed by atoms with Gasteiger partial charge >= 0.3 is 0 Å². The second kappa shape index (κ2) is 10.7. The molecule has 0 spiro atoms. The van der Waals surface area contributed by atoms with Crippen molar-refractivity contribution in [2.24, 2.45) is 0 Å². The fraction of sp³-hybridized carbons (Fsp3) is 0.667. The highest BCUT2D eigenvalue weighted by Crippen LogP contribution is 2.33. The normalized spacial score (nSPS) is 22.5. The summed E-state index contributed by atoms with van der Waals surface area (Å²) in [5.74, 6) is -0.731. The summed E-state index contributed by atoms with van der Waals surface area (Å²) in [6.45, 7) is 6.66. The third-order valence-corrected chi connectivity index (χ3v) is 7.21. The molecule has 7 nitrogen and oxygen atoms in total. The molecule has 32 heavy (non-hydrogen) atoms. The van der Waals surface area contributed by atoms with Crippen molar-refractivity contribution in [1.29, 1.82) is 0 Å². The molecule has 0 radical (unpaired) electrons. The summed E-state index contributed by atoms with van der Waals surface area (Å²) in [6, 6.07) is 6.09. The van der Waals surface area contributed by atoms with Crippen LogP contribution in [0.1, 0.15) is 42.5 Å². The Morgan fingerprint density at radius 2 is 1.66 bits per heavy atom. The van der Waals surface area contributed by atoms with Gasteiger partial charge in [-0.05, 0) is 25.0 Å². The molecular formula is C24H35FN4O3.